The Hall–Kier alpha value is -3.09. The molecule has 3 heterocycles. The number of amides is 3. The van der Waals surface area contributed by atoms with Gasteiger partial charge in [-0.1, -0.05) is 18.2 Å². The first kappa shape index (κ1) is 16.4. The highest BCUT2D eigenvalue weighted by molar-refractivity contribution is 6.00. The van der Waals surface area contributed by atoms with Crippen LogP contribution in [0.1, 0.15) is 26.5 Å². The molecule has 0 aliphatic carbocycles. The molecule has 134 valence electrons. The average Bonchev–Trinajstić information content (AvgIpc) is 3.31. The first-order valence-corrected chi connectivity index (χ1v) is 8.61. The van der Waals surface area contributed by atoms with E-state index >= 15 is 0 Å². The van der Waals surface area contributed by atoms with Crippen molar-refractivity contribution in [3.63, 3.8) is 0 Å². The molecule has 0 saturated carbocycles. The molecular weight excluding hydrogens is 334 g/mol. The first-order chi connectivity index (χ1) is 12.6. The lowest BCUT2D eigenvalue weighted by atomic mass is 10.1. The Kier molecular flexibility index (Phi) is 4.20. The maximum absolute atomic E-state index is 12.6. The van der Waals surface area contributed by atoms with Crippen LogP contribution in [0.3, 0.4) is 0 Å². The van der Waals surface area contributed by atoms with Crippen LogP contribution >= 0.6 is 0 Å². The van der Waals surface area contributed by atoms with Crippen LogP contribution in [0.15, 0.2) is 47.1 Å². The summed E-state index contributed by atoms with van der Waals surface area (Å²) >= 11 is 0. The first-order valence-electron chi connectivity index (χ1n) is 8.61. The smallest absolute Gasteiger partial charge is 0.289 e. The molecule has 0 spiro atoms. The molecule has 1 aromatic carbocycles. The van der Waals surface area contributed by atoms with E-state index in [1.807, 2.05) is 18.2 Å². The number of hydrogen-bond acceptors (Lipinski definition) is 4. The summed E-state index contributed by atoms with van der Waals surface area (Å²) in [6, 6.07) is 10.7. The molecule has 1 fully saturated rings. The number of rotatable bonds is 3. The van der Waals surface area contributed by atoms with Crippen LogP contribution in [-0.4, -0.2) is 65.1 Å². The SMILES string of the molecule is O=C(CN1Cc2ccccc2C1=O)N1CCN(C(=O)c2ccco2)CC1. The quantitative estimate of drug-likeness (QED) is 0.832. The summed E-state index contributed by atoms with van der Waals surface area (Å²) in [5.74, 6) is -0.0330. The molecule has 7 nitrogen and oxygen atoms in total. The van der Waals surface area contributed by atoms with E-state index in [-0.39, 0.29) is 24.3 Å². The van der Waals surface area contributed by atoms with Crippen molar-refractivity contribution in [1.82, 2.24) is 14.7 Å². The van der Waals surface area contributed by atoms with Gasteiger partial charge in [0.15, 0.2) is 5.76 Å². The van der Waals surface area contributed by atoms with Crippen LogP contribution in [0.4, 0.5) is 0 Å². The Morgan fingerprint density at radius 1 is 0.962 bits per heavy atom. The summed E-state index contributed by atoms with van der Waals surface area (Å²) in [6.07, 6.45) is 1.47. The van der Waals surface area contributed by atoms with Crippen LogP contribution in [0, 0.1) is 0 Å². The third-order valence-corrected chi connectivity index (χ3v) is 4.87. The summed E-state index contributed by atoms with van der Waals surface area (Å²) in [5.41, 5.74) is 1.63. The highest BCUT2D eigenvalue weighted by atomic mass is 16.3. The molecular formula is C19H19N3O4. The van der Waals surface area contributed by atoms with Gasteiger partial charge in [0.05, 0.1) is 6.26 Å². The van der Waals surface area contributed by atoms with E-state index in [1.165, 1.54) is 6.26 Å². The Morgan fingerprint density at radius 2 is 1.69 bits per heavy atom. The summed E-state index contributed by atoms with van der Waals surface area (Å²) < 4.78 is 5.14. The molecule has 7 heteroatoms. The lowest BCUT2D eigenvalue weighted by molar-refractivity contribution is -0.133. The van der Waals surface area contributed by atoms with Crippen molar-refractivity contribution in [2.45, 2.75) is 6.54 Å². The molecule has 0 bridgehead atoms. The van der Waals surface area contributed by atoms with Gasteiger partial charge in [-0.3, -0.25) is 14.4 Å². The van der Waals surface area contributed by atoms with Crippen LogP contribution in [-0.2, 0) is 11.3 Å². The Bertz CT molecular complexity index is 838. The minimum Gasteiger partial charge on any atom is -0.459 e. The topological polar surface area (TPSA) is 74.1 Å². The molecule has 1 aromatic heterocycles. The molecule has 0 atom stereocenters. The van der Waals surface area contributed by atoms with Gasteiger partial charge in [0, 0.05) is 38.3 Å². The molecule has 3 amide bonds. The van der Waals surface area contributed by atoms with E-state index in [9.17, 15) is 14.4 Å². The van der Waals surface area contributed by atoms with Crippen LogP contribution in [0.5, 0.6) is 0 Å². The predicted octanol–water partition coefficient (Wildman–Crippen LogP) is 1.22. The lowest BCUT2D eigenvalue weighted by Gasteiger charge is -2.35. The van der Waals surface area contributed by atoms with Gasteiger partial charge in [0.25, 0.3) is 11.8 Å². The molecule has 1 saturated heterocycles. The fraction of sp³-hybridized carbons (Fsp3) is 0.316. The highest BCUT2D eigenvalue weighted by Crippen LogP contribution is 2.22. The van der Waals surface area contributed by atoms with Gasteiger partial charge < -0.3 is 19.1 Å². The fourth-order valence-corrected chi connectivity index (χ4v) is 3.42. The number of carbonyl (C=O) groups excluding carboxylic acids is 3. The van der Waals surface area contributed by atoms with E-state index in [1.54, 1.807) is 32.9 Å². The highest BCUT2D eigenvalue weighted by Gasteiger charge is 2.31. The van der Waals surface area contributed by atoms with Crippen LogP contribution in [0.2, 0.25) is 0 Å². The van der Waals surface area contributed by atoms with Crippen LogP contribution in [0.25, 0.3) is 0 Å². The average molecular weight is 353 g/mol. The van der Waals surface area contributed by atoms with Gasteiger partial charge in [0.1, 0.15) is 6.54 Å². The second-order valence-corrected chi connectivity index (χ2v) is 6.47. The van der Waals surface area contributed by atoms with E-state index in [2.05, 4.69) is 0 Å². The molecule has 4 rings (SSSR count). The zero-order valence-electron chi connectivity index (χ0n) is 14.3. The Labute approximate surface area is 150 Å². The number of benzene rings is 1. The Morgan fingerprint density at radius 3 is 2.38 bits per heavy atom. The van der Waals surface area contributed by atoms with Crippen molar-refractivity contribution in [2.75, 3.05) is 32.7 Å². The number of piperazine rings is 1. The number of carbonyl (C=O) groups is 3. The van der Waals surface area contributed by atoms with E-state index in [0.29, 0.717) is 44.0 Å². The minimum absolute atomic E-state index is 0.0691. The fourth-order valence-electron chi connectivity index (χ4n) is 3.42. The second kappa shape index (κ2) is 6.67. The van der Waals surface area contributed by atoms with E-state index < -0.39 is 0 Å². The van der Waals surface area contributed by atoms with Gasteiger partial charge in [-0.25, -0.2) is 0 Å². The third-order valence-electron chi connectivity index (χ3n) is 4.87. The van der Waals surface area contributed by atoms with Gasteiger partial charge in [-0.05, 0) is 23.8 Å². The van der Waals surface area contributed by atoms with Crippen molar-refractivity contribution in [2.24, 2.45) is 0 Å². The lowest BCUT2D eigenvalue weighted by Crippen LogP contribution is -2.52. The molecule has 26 heavy (non-hydrogen) atoms. The molecule has 0 unspecified atom stereocenters. The number of fused-ring (bicyclic) bond motifs is 1. The van der Waals surface area contributed by atoms with Crippen molar-refractivity contribution in [3.05, 3.63) is 59.5 Å². The Balaban J connectivity index is 1.32. The molecule has 2 aliphatic heterocycles. The van der Waals surface area contributed by atoms with Crippen LogP contribution < -0.4 is 0 Å². The zero-order valence-corrected chi connectivity index (χ0v) is 14.3. The zero-order chi connectivity index (χ0) is 18.1. The summed E-state index contributed by atoms with van der Waals surface area (Å²) in [7, 11) is 0. The van der Waals surface area contributed by atoms with Crippen molar-refractivity contribution in [1.29, 1.82) is 0 Å². The number of furan rings is 1. The third kappa shape index (κ3) is 2.96. The molecule has 0 N–H and O–H groups in total. The van der Waals surface area contributed by atoms with Gasteiger partial charge >= 0.3 is 0 Å². The number of nitrogens with zero attached hydrogens (tertiary/aromatic N) is 3. The minimum atomic E-state index is -0.160. The monoisotopic (exact) mass is 353 g/mol. The second-order valence-electron chi connectivity index (χ2n) is 6.47. The maximum Gasteiger partial charge on any atom is 0.289 e. The molecule has 2 aromatic rings. The molecule has 2 aliphatic rings. The predicted molar refractivity (Wildman–Crippen MR) is 92.4 cm³/mol. The summed E-state index contributed by atoms with van der Waals surface area (Å²) in [6.45, 7) is 2.37. The van der Waals surface area contributed by atoms with E-state index in [4.69, 9.17) is 4.42 Å². The molecule has 0 radical (unpaired) electrons. The van der Waals surface area contributed by atoms with Crippen molar-refractivity contribution < 1.29 is 18.8 Å². The van der Waals surface area contributed by atoms with Gasteiger partial charge in [-0.15, -0.1) is 0 Å². The summed E-state index contributed by atoms with van der Waals surface area (Å²) in [5, 5.41) is 0. The maximum atomic E-state index is 12.6. The normalized spacial score (nSPS) is 16.8. The van der Waals surface area contributed by atoms with Gasteiger partial charge in [0.2, 0.25) is 5.91 Å². The standard InChI is InChI=1S/C19H19N3O4/c23-17(13-22-12-14-4-1-2-5-15(14)18(22)24)20-7-9-21(10-8-20)19(25)16-6-3-11-26-16/h1-6,11H,7-10,12-13H2. The van der Waals surface area contributed by atoms with E-state index in [0.717, 1.165) is 5.56 Å². The van der Waals surface area contributed by atoms with Gasteiger partial charge in [-0.2, -0.15) is 0 Å². The van der Waals surface area contributed by atoms with Crippen molar-refractivity contribution >= 4 is 17.7 Å². The largest absolute Gasteiger partial charge is 0.459 e. The van der Waals surface area contributed by atoms with Crippen molar-refractivity contribution in [3.8, 4) is 0 Å². The summed E-state index contributed by atoms with van der Waals surface area (Å²) in [4.78, 5) is 42.2. The number of hydrogen-bond donors (Lipinski definition) is 0.